The van der Waals surface area contributed by atoms with Crippen molar-refractivity contribution in [2.45, 2.75) is 52.7 Å². The zero-order valence-corrected chi connectivity index (χ0v) is 14.6. The number of nitrogens with zero attached hydrogens (tertiary/aromatic N) is 1. The zero-order valence-electron chi connectivity index (χ0n) is 14.6. The normalized spacial score (nSPS) is 13.8. The fourth-order valence-corrected chi connectivity index (χ4v) is 2.00. The number of benzene rings is 1. The van der Waals surface area contributed by atoms with Gasteiger partial charge in [0.2, 0.25) is 0 Å². The topological polar surface area (TPSA) is 45.7 Å². The second kappa shape index (κ2) is 9.46. The van der Waals surface area contributed by atoms with E-state index in [1.807, 2.05) is 18.2 Å². The molecule has 0 radical (unpaired) electrons. The fourth-order valence-electron chi connectivity index (χ4n) is 2.00. The molecule has 1 atom stereocenters. The molecule has 0 amide bonds. The van der Waals surface area contributed by atoms with Gasteiger partial charge in [0, 0.05) is 25.2 Å². The van der Waals surface area contributed by atoms with E-state index < -0.39 is 0 Å². The third-order valence-corrected chi connectivity index (χ3v) is 3.05. The Labute approximate surface area is 135 Å². The summed E-state index contributed by atoms with van der Waals surface area (Å²) in [6, 6.07) is 10.3. The van der Waals surface area contributed by atoms with E-state index in [9.17, 15) is 0 Å². The number of ether oxygens (including phenoxy) is 1. The van der Waals surface area contributed by atoms with Gasteiger partial charge in [0.25, 0.3) is 0 Å². The van der Waals surface area contributed by atoms with E-state index in [-0.39, 0.29) is 11.6 Å². The van der Waals surface area contributed by atoms with Crippen LogP contribution in [0.15, 0.2) is 35.3 Å². The van der Waals surface area contributed by atoms with Crippen molar-refractivity contribution < 1.29 is 4.74 Å². The minimum Gasteiger partial charge on any atom is -0.374 e. The van der Waals surface area contributed by atoms with Crippen molar-refractivity contribution in [3.05, 3.63) is 35.9 Å². The highest BCUT2D eigenvalue weighted by atomic mass is 16.5. The summed E-state index contributed by atoms with van der Waals surface area (Å²) in [5.74, 6) is 0.867. The summed E-state index contributed by atoms with van der Waals surface area (Å²) in [5, 5.41) is 6.64. The lowest BCUT2D eigenvalue weighted by molar-refractivity contribution is 0.0652. The first-order valence-corrected chi connectivity index (χ1v) is 8.15. The summed E-state index contributed by atoms with van der Waals surface area (Å²) < 4.78 is 5.86. The average molecular weight is 305 g/mol. The Morgan fingerprint density at radius 2 is 1.91 bits per heavy atom. The van der Waals surface area contributed by atoms with Crippen molar-refractivity contribution in [2.24, 2.45) is 4.99 Å². The standard InChI is InChI=1S/C18H31N3O/c1-6-19-17(21-18(3,4)5)20-13-10-14-22-15(2)16-11-8-7-9-12-16/h7-9,11-12,15H,6,10,13-14H2,1-5H3,(H2,19,20,21). The van der Waals surface area contributed by atoms with Crippen LogP contribution in [0.5, 0.6) is 0 Å². The molecule has 0 spiro atoms. The third kappa shape index (κ3) is 8.03. The van der Waals surface area contributed by atoms with Crippen molar-refractivity contribution in [1.82, 2.24) is 10.6 Å². The average Bonchev–Trinajstić information content (AvgIpc) is 2.46. The summed E-state index contributed by atoms with van der Waals surface area (Å²) >= 11 is 0. The van der Waals surface area contributed by atoms with Crippen LogP contribution < -0.4 is 10.6 Å². The SMILES string of the molecule is CCNC(=NCCCOC(C)c1ccccc1)NC(C)(C)C. The van der Waals surface area contributed by atoms with Gasteiger partial charge in [-0.2, -0.15) is 0 Å². The summed E-state index contributed by atoms with van der Waals surface area (Å²) in [5.41, 5.74) is 1.23. The van der Waals surface area contributed by atoms with E-state index >= 15 is 0 Å². The number of aliphatic imine (C=N–C) groups is 1. The van der Waals surface area contributed by atoms with Crippen LogP contribution in [0.1, 0.15) is 52.7 Å². The molecule has 0 bridgehead atoms. The summed E-state index contributed by atoms with van der Waals surface area (Å²) in [6.45, 7) is 12.9. The van der Waals surface area contributed by atoms with Crippen LogP contribution in [0.2, 0.25) is 0 Å². The molecule has 22 heavy (non-hydrogen) atoms. The van der Waals surface area contributed by atoms with E-state index in [0.717, 1.165) is 25.5 Å². The molecule has 2 N–H and O–H groups in total. The van der Waals surface area contributed by atoms with Crippen molar-refractivity contribution in [1.29, 1.82) is 0 Å². The lowest BCUT2D eigenvalue weighted by Crippen LogP contribution is -2.47. The first-order valence-electron chi connectivity index (χ1n) is 8.15. The zero-order chi connectivity index (χ0) is 16.4. The minimum absolute atomic E-state index is 0.0132. The Kier molecular flexibility index (Phi) is 7.96. The number of rotatable bonds is 7. The van der Waals surface area contributed by atoms with Gasteiger partial charge in [-0.3, -0.25) is 4.99 Å². The molecule has 1 unspecified atom stereocenters. The van der Waals surface area contributed by atoms with Gasteiger partial charge in [-0.1, -0.05) is 30.3 Å². The maximum Gasteiger partial charge on any atom is 0.191 e. The Morgan fingerprint density at radius 1 is 1.23 bits per heavy atom. The molecular formula is C18H31N3O. The molecule has 1 rings (SSSR count). The molecule has 0 aliphatic heterocycles. The van der Waals surface area contributed by atoms with Gasteiger partial charge in [0.1, 0.15) is 0 Å². The summed E-state index contributed by atoms with van der Waals surface area (Å²) in [7, 11) is 0. The fraction of sp³-hybridized carbons (Fsp3) is 0.611. The number of hydrogen-bond acceptors (Lipinski definition) is 2. The van der Waals surface area contributed by atoms with Gasteiger partial charge >= 0.3 is 0 Å². The molecule has 0 aromatic heterocycles. The van der Waals surface area contributed by atoms with E-state index in [4.69, 9.17) is 4.74 Å². The molecule has 124 valence electrons. The molecule has 4 nitrogen and oxygen atoms in total. The van der Waals surface area contributed by atoms with Crippen LogP contribution in [-0.4, -0.2) is 31.2 Å². The van der Waals surface area contributed by atoms with Crippen molar-refractivity contribution in [2.75, 3.05) is 19.7 Å². The van der Waals surface area contributed by atoms with E-state index in [1.54, 1.807) is 0 Å². The molecular weight excluding hydrogens is 274 g/mol. The van der Waals surface area contributed by atoms with Crippen LogP contribution in [0.4, 0.5) is 0 Å². The molecule has 4 heteroatoms. The molecule has 0 aliphatic rings. The first-order chi connectivity index (χ1) is 10.4. The highest BCUT2D eigenvalue weighted by Gasteiger charge is 2.11. The van der Waals surface area contributed by atoms with E-state index in [0.29, 0.717) is 6.61 Å². The molecule has 0 saturated carbocycles. The van der Waals surface area contributed by atoms with Crippen molar-refractivity contribution >= 4 is 5.96 Å². The molecule has 0 aliphatic carbocycles. The highest BCUT2D eigenvalue weighted by molar-refractivity contribution is 5.80. The van der Waals surface area contributed by atoms with Gasteiger partial charge < -0.3 is 15.4 Å². The molecule has 1 aromatic carbocycles. The van der Waals surface area contributed by atoms with Crippen LogP contribution in [0.25, 0.3) is 0 Å². The largest absolute Gasteiger partial charge is 0.374 e. The van der Waals surface area contributed by atoms with Crippen LogP contribution in [-0.2, 0) is 4.74 Å². The number of guanidine groups is 1. The molecule has 0 saturated heterocycles. The predicted molar refractivity (Wildman–Crippen MR) is 94.3 cm³/mol. The number of hydrogen-bond donors (Lipinski definition) is 2. The predicted octanol–water partition coefficient (Wildman–Crippen LogP) is 3.51. The van der Waals surface area contributed by atoms with Crippen LogP contribution in [0, 0.1) is 0 Å². The van der Waals surface area contributed by atoms with E-state index in [2.05, 4.69) is 62.4 Å². The van der Waals surface area contributed by atoms with Gasteiger partial charge in [0.05, 0.1) is 6.10 Å². The second-order valence-corrected chi connectivity index (χ2v) is 6.41. The molecule has 1 aromatic rings. The molecule has 0 heterocycles. The Morgan fingerprint density at radius 3 is 2.50 bits per heavy atom. The Bertz CT molecular complexity index is 437. The van der Waals surface area contributed by atoms with Gasteiger partial charge in [-0.05, 0) is 46.6 Å². The van der Waals surface area contributed by atoms with Crippen LogP contribution >= 0.6 is 0 Å². The van der Waals surface area contributed by atoms with Gasteiger partial charge in [-0.15, -0.1) is 0 Å². The highest BCUT2D eigenvalue weighted by Crippen LogP contribution is 2.15. The quantitative estimate of drug-likeness (QED) is 0.460. The lowest BCUT2D eigenvalue weighted by atomic mass is 10.1. The second-order valence-electron chi connectivity index (χ2n) is 6.41. The maximum absolute atomic E-state index is 5.86. The third-order valence-electron chi connectivity index (χ3n) is 3.05. The van der Waals surface area contributed by atoms with Gasteiger partial charge in [0.15, 0.2) is 5.96 Å². The van der Waals surface area contributed by atoms with Crippen molar-refractivity contribution in [3.8, 4) is 0 Å². The van der Waals surface area contributed by atoms with Gasteiger partial charge in [-0.25, -0.2) is 0 Å². The summed E-state index contributed by atoms with van der Waals surface area (Å²) in [4.78, 5) is 4.58. The number of nitrogens with one attached hydrogen (secondary N) is 2. The maximum atomic E-state index is 5.86. The summed E-state index contributed by atoms with van der Waals surface area (Å²) in [6.07, 6.45) is 1.05. The van der Waals surface area contributed by atoms with Crippen molar-refractivity contribution in [3.63, 3.8) is 0 Å². The smallest absolute Gasteiger partial charge is 0.191 e. The Balaban J connectivity index is 2.31. The lowest BCUT2D eigenvalue weighted by Gasteiger charge is -2.23. The Hall–Kier alpha value is -1.55. The first kappa shape index (κ1) is 18.5. The van der Waals surface area contributed by atoms with Crippen LogP contribution in [0.3, 0.4) is 0 Å². The monoisotopic (exact) mass is 305 g/mol. The molecule has 0 fully saturated rings. The minimum atomic E-state index is 0.0132. The van der Waals surface area contributed by atoms with E-state index in [1.165, 1.54) is 5.56 Å².